The molecule has 0 aromatic carbocycles. The Hall–Kier alpha value is -1.22. The van der Waals surface area contributed by atoms with E-state index < -0.39 is 18.0 Å². The fourth-order valence-corrected chi connectivity index (χ4v) is 0.300. The number of aliphatic hydroxyl groups is 3. The van der Waals surface area contributed by atoms with E-state index in [2.05, 4.69) is 0 Å². The van der Waals surface area contributed by atoms with Gasteiger partial charge in [-0.3, -0.25) is 9.59 Å². The van der Waals surface area contributed by atoms with Gasteiger partial charge in [-0.2, -0.15) is 0 Å². The lowest BCUT2D eigenvalue weighted by Gasteiger charge is -2.04. The first-order valence-electron chi connectivity index (χ1n) is 5.86. The summed E-state index contributed by atoms with van der Waals surface area (Å²) in [6, 6.07) is 0. The maximum atomic E-state index is 9.00. The number of carbonyl (C=O) groups is 2. The van der Waals surface area contributed by atoms with Crippen LogP contribution in [0.5, 0.6) is 0 Å². The number of methoxy groups -OCH3 is 1. The zero-order valence-corrected chi connectivity index (χ0v) is 12.7. The number of ether oxygens (including phenoxy) is 1. The minimum atomic E-state index is -0.833. The summed E-state index contributed by atoms with van der Waals surface area (Å²) in [4.78, 5) is 18.0. The number of aliphatic hydroxyl groups excluding tert-OH is 3. The molecule has 0 aromatic heterocycles. The van der Waals surface area contributed by atoms with Crippen LogP contribution in [0.3, 0.4) is 0 Å². The summed E-state index contributed by atoms with van der Waals surface area (Å²) >= 11 is 0. The van der Waals surface area contributed by atoms with E-state index in [0.29, 0.717) is 0 Å². The molecule has 0 radical (unpaired) electrons. The molecule has 0 aliphatic carbocycles. The largest absolute Gasteiger partial charge is 0.481 e. The lowest BCUT2D eigenvalue weighted by atomic mass is 10.3. The SMILES string of the molecule is CC(=O)O.CC(=O)O.CC(O)CO.COC(C)CCO. The van der Waals surface area contributed by atoms with Crippen molar-refractivity contribution in [2.24, 2.45) is 0 Å². The van der Waals surface area contributed by atoms with E-state index in [1.54, 1.807) is 7.11 Å². The molecule has 0 aromatic rings. The van der Waals surface area contributed by atoms with Gasteiger partial charge in [0.2, 0.25) is 0 Å². The molecule has 0 heterocycles. The fraction of sp³-hybridized carbons (Fsp3) is 0.833. The molecule has 0 amide bonds. The summed E-state index contributed by atoms with van der Waals surface area (Å²) in [7, 11) is 1.64. The molecular formula is C12H28O8. The van der Waals surface area contributed by atoms with Gasteiger partial charge in [-0.15, -0.1) is 0 Å². The van der Waals surface area contributed by atoms with Crippen molar-refractivity contribution < 1.29 is 39.9 Å². The second kappa shape index (κ2) is 22.9. The molecule has 2 unspecified atom stereocenters. The molecule has 0 aliphatic heterocycles. The van der Waals surface area contributed by atoms with E-state index in [1.165, 1.54) is 6.92 Å². The second-order valence-corrected chi connectivity index (χ2v) is 3.63. The van der Waals surface area contributed by atoms with Crippen LogP contribution in [0.15, 0.2) is 0 Å². The summed E-state index contributed by atoms with van der Waals surface area (Å²) in [5, 5.41) is 39.1. The predicted octanol–water partition coefficient (Wildman–Crippen LogP) is -0.0550. The summed E-state index contributed by atoms with van der Waals surface area (Å²) in [5.41, 5.74) is 0. The van der Waals surface area contributed by atoms with Crippen molar-refractivity contribution >= 4 is 11.9 Å². The third-order valence-corrected chi connectivity index (χ3v) is 1.20. The van der Waals surface area contributed by atoms with Crippen LogP contribution in [0, 0.1) is 0 Å². The van der Waals surface area contributed by atoms with Crippen LogP contribution in [0.2, 0.25) is 0 Å². The van der Waals surface area contributed by atoms with Crippen LogP contribution >= 0.6 is 0 Å². The highest BCUT2D eigenvalue weighted by atomic mass is 16.5. The van der Waals surface area contributed by atoms with Crippen LogP contribution in [-0.2, 0) is 14.3 Å². The minimum absolute atomic E-state index is 0.139. The highest BCUT2D eigenvalue weighted by Crippen LogP contribution is 1.90. The second-order valence-electron chi connectivity index (χ2n) is 3.63. The van der Waals surface area contributed by atoms with Gasteiger partial charge in [0.05, 0.1) is 18.8 Å². The Morgan fingerprint density at radius 1 is 1.05 bits per heavy atom. The Morgan fingerprint density at radius 3 is 1.35 bits per heavy atom. The molecule has 0 fully saturated rings. The van der Waals surface area contributed by atoms with Crippen LogP contribution in [0.4, 0.5) is 0 Å². The van der Waals surface area contributed by atoms with Crippen molar-refractivity contribution in [1.29, 1.82) is 0 Å². The van der Waals surface area contributed by atoms with Crippen LogP contribution in [0.1, 0.15) is 34.1 Å². The van der Waals surface area contributed by atoms with Crippen molar-refractivity contribution in [3.05, 3.63) is 0 Å². The van der Waals surface area contributed by atoms with Crippen molar-refractivity contribution in [2.45, 2.75) is 46.3 Å². The van der Waals surface area contributed by atoms with E-state index in [0.717, 1.165) is 20.3 Å². The molecular weight excluding hydrogens is 272 g/mol. The number of hydrogen-bond donors (Lipinski definition) is 5. The Kier molecular flexibility index (Phi) is 31.1. The molecule has 0 rings (SSSR count). The predicted molar refractivity (Wildman–Crippen MR) is 73.6 cm³/mol. The van der Waals surface area contributed by atoms with Gasteiger partial charge in [0.15, 0.2) is 0 Å². The Bertz CT molecular complexity index is 186. The standard InChI is InChI=1S/C5H12O2.C3H8O2.2C2H4O2/c1-5(7-2)3-4-6;1-3(5)2-4;2*1-2(3)4/h5-6H,3-4H2,1-2H3;3-5H,2H2,1H3;2*1H3,(H,3,4). The topological polar surface area (TPSA) is 145 Å². The highest BCUT2D eigenvalue weighted by molar-refractivity contribution is 5.63. The first-order valence-corrected chi connectivity index (χ1v) is 5.86. The summed E-state index contributed by atoms with van der Waals surface area (Å²) in [6.45, 7) is 5.70. The molecule has 0 spiro atoms. The molecule has 0 saturated carbocycles. The summed E-state index contributed by atoms with van der Waals surface area (Å²) in [6.07, 6.45) is 0.372. The van der Waals surface area contributed by atoms with Gasteiger partial charge < -0.3 is 30.3 Å². The molecule has 0 bridgehead atoms. The number of aliphatic carboxylic acids is 2. The monoisotopic (exact) mass is 300 g/mol. The van der Waals surface area contributed by atoms with Crippen molar-refractivity contribution in [1.82, 2.24) is 0 Å². The van der Waals surface area contributed by atoms with E-state index in [4.69, 9.17) is 39.9 Å². The average Bonchev–Trinajstić information content (AvgIpc) is 2.28. The molecule has 8 nitrogen and oxygen atoms in total. The quantitative estimate of drug-likeness (QED) is 0.486. The third-order valence-electron chi connectivity index (χ3n) is 1.20. The highest BCUT2D eigenvalue weighted by Gasteiger charge is 1.93. The van der Waals surface area contributed by atoms with Crippen molar-refractivity contribution in [2.75, 3.05) is 20.3 Å². The average molecular weight is 300 g/mol. The van der Waals surface area contributed by atoms with E-state index in [9.17, 15) is 0 Å². The normalized spacial score (nSPS) is 11.2. The lowest BCUT2D eigenvalue weighted by Crippen LogP contribution is -2.05. The number of carboxylic acid groups (broad SMARTS) is 2. The lowest BCUT2D eigenvalue weighted by molar-refractivity contribution is -0.135. The molecule has 5 N–H and O–H groups in total. The molecule has 0 saturated heterocycles. The van der Waals surface area contributed by atoms with Gasteiger partial charge in [-0.1, -0.05) is 0 Å². The minimum Gasteiger partial charge on any atom is -0.481 e. The van der Waals surface area contributed by atoms with Gasteiger partial charge in [-0.05, 0) is 20.3 Å². The maximum absolute atomic E-state index is 9.00. The maximum Gasteiger partial charge on any atom is 0.300 e. The zero-order valence-electron chi connectivity index (χ0n) is 12.7. The first-order chi connectivity index (χ1) is 9.04. The Morgan fingerprint density at radius 2 is 1.30 bits per heavy atom. The molecule has 2 atom stereocenters. The van der Waals surface area contributed by atoms with E-state index in [1.807, 2.05) is 6.92 Å². The molecule has 8 heteroatoms. The first kappa shape index (κ1) is 27.2. The van der Waals surface area contributed by atoms with Crippen LogP contribution in [-0.4, -0.2) is 70.0 Å². The van der Waals surface area contributed by atoms with Crippen molar-refractivity contribution in [3.8, 4) is 0 Å². The van der Waals surface area contributed by atoms with Gasteiger partial charge in [0.25, 0.3) is 11.9 Å². The Labute approximate surface area is 119 Å². The van der Waals surface area contributed by atoms with E-state index in [-0.39, 0.29) is 19.3 Å². The summed E-state index contributed by atoms with van der Waals surface area (Å²) in [5.74, 6) is -1.67. The fourth-order valence-electron chi connectivity index (χ4n) is 0.300. The summed E-state index contributed by atoms with van der Waals surface area (Å²) < 4.78 is 4.83. The number of carboxylic acids is 2. The molecule has 20 heavy (non-hydrogen) atoms. The number of rotatable bonds is 4. The molecule has 124 valence electrons. The van der Waals surface area contributed by atoms with Gasteiger partial charge in [0, 0.05) is 27.6 Å². The van der Waals surface area contributed by atoms with Gasteiger partial charge in [-0.25, -0.2) is 0 Å². The zero-order chi connectivity index (χ0) is 17.1. The Balaban J connectivity index is -0.0000000883. The van der Waals surface area contributed by atoms with Gasteiger partial charge in [0.1, 0.15) is 0 Å². The third kappa shape index (κ3) is 125. The van der Waals surface area contributed by atoms with E-state index >= 15 is 0 Å². The van der Waals surface area contributed by atoms with Crippen molar-refractivity contribution in [3.63, 3.8) is 0 Å². The van der Waals surface area contributed by atoms with Gasteiger partial charge >= 0.3 is 0 Å². The number of hydrogen-bond acceptors (Lipinski definition) is 6. The molecule has 0 aliphatic rings. The van der Waals surface area contributed by atoms with Crippen LogP contribution < -0.4 is 0 Å². The van der Waals surface area contributed by atoms with Crippen LogP contribution in [0.25, 0.3) is 0 Å². The smallest absolute Gasteiger partial charge is 0.300 e.